The first-order valence-corrected chi connectivity index (χ1v) is 6.41. The second kappa shape index (κ2) is 5.49. The van der Waals surface area contributed by atoms with Gasteiger partial charge in [-0.1, -0.05) is 0 Å². The number of carboxylic acid groups (broad SMARTS) is 1. The number of piperidine rings is 2. The number of amides is 1. The summed E-state index contributed by atoms with van der Waals surface area (Å²) in [5.41, 5.74) is 0. The summed E-state index contributed by atoms with van der Waals surface area (Å²) in [6.45, 7) is 2.67. The lowest BCUT2D eigenvalue weighted by atomic mass is 9.91. The van der Waals surface area contributed by atoms with Crippen LogP contribution >= 0.6 is 0 Å². The van der Waals surface area contributed by atoms with Crippen molar-refractivity contribution in [2.45, 2.75) is 38.1 Å². The molecular formula is C12H20N2O3. The molecule has 2 rings (SSSR count). The van der Waals surface area contributed by atoms with E-state index in [1.165, 1.54) is 0 Å². The Morgan fingerprint density at radius 1 is 1.41 bits per heavy atom. The molecule has 0 saturated carbocycles. The third-order valence-corrected chi connectivity index (χ3v) is 3.72. The highest BCUT2D eigenvalue weighted by molar-refractivity contribution is 5.84. The van der Waals surface area contributed by atoms with E-state index in [1.807, 2.05) is 4.90 Å². The van der Waals surface area contributed by atoms with Gasteiger partial charge in [0.2, 0.25) is 5.91 Å². The van der Waals surface area contributed by atoms with Gasteiger partial charge in [-0.3, -0.25) is 9.59 Å². The van der Waals surface area contributed by atoms with Gasteiger partial charge in [-0.05, 0) is 32.2 Å². The number of carbonyl (C=O) groups is 2. The van der Waals surface area contributed by atoms with E-state index in [2.05, 4.69) is 5.32 Å². The van der Waals surface area contributed by atoms with Crippen LogP contribution in [0.15, 0.2) is 0 Å². The minimum Gasteiger partial charge on any atom is -0.481 e. The molecule has 5 nitrogen and oxygen atoms in total. The van der Waals surface area contributed by atoms with Gasteiger partial charge in [0.15, 0.2) is 0 Å². The van der Waals surface area contributed by atoms with Crippen LogP contribution in [0, 0.1) is 5.92 Å². The van der Waals surface area contributed by atoms with Crippen molar-refractivity contribution in [3.8, 4) is 0 Å². The maximum Gasteiger partial charge on any atom is 0.304 e. The molecule has 2 fully saturated rings. The summed E-state index contributed by atoms with van der Waals surface area (Å²) in [4.78, 5) is 24.8. The van der Waals surface area contributed by atoms with Crippen LogP contribution in [0.4, 0.5) is 0 Å². The molecule has 2 atom stereocenters. The zero-order chi connectivity index (χ0) is 12.3. The molecule has 0 aromatic heterocycles. The van der Waals surface area contributed by atoms with Gasteiger partial charge in [0.1, 0.15) is 0 Å². The lowest BCUT2D eigenvalue weighted by Crippen LogP contribution is -2.53. The molecule has 2 unspecified atom stereocenters. The fourth-order valence-corrected chi connectivity index (χ4v) is 2.84. The number of carbonyl (C=O) groups excluding carboxylic acids is 1. The summed E-state index contributed by atoms with van der Waals surface area (Å²) in [5.74, 6) is -1.12. The number of hydrogen-bond acceptors (Lipinski definition) is 3. The molecule has 2 heterocycles. The molecule has 2 aliphatic heterocycles. The van der Waals surface area contributed by atoms with Crippen LogP contribution in [0.5, 0.6) is 0 Å². The van der Waals surface area contributed by atoms with Gasteiger partial charge >= 0.3 is 5.97 Å². The van der Waals surface area contributed by atoms with E-state index in [9.17, 15) is 9.59 Å². The van der Waals surface area contributed by atoms with Crippen LogP contribution in [0.1, 0.15) is 32.1 Å². The summed E-state index contributed by atoms with van der Waals surface area (Å²) < 4.78 is 0. The monoisotopic (exact) mass is 240 g/mol. The molecule has 2 aliphatic rings. The third kappa shape index (κ3) is 2.97. The molecule has 0 bridgehead atoms. The first kappa shape index (κ1) is 12.4. The molecule has 0 radical (unpaired) electrons. The Kier molecular flexibility index (Phi) is 3.99. The fourth-order valence-electron chi connectivity index (χ4n) is 2.84. The molecule has 5 heteroatoms. The van der Waals surface area contributed by atoms with Crippen LogP contribution in [-0.4, -0.2) is 47.6 Å². The van der Waals surface area contributed by atoms with Crippen molar-refractivity contribution in [1.29, 1.82) is 0 Å². The van der Waals surface area contributed by atoms with Gasteiger partial charge < -0.3 is 15.3 Å². The topological polar surface area (TPSA) is 69.6 Å². The standard InChI is InChI=1S/C12H20N2O3/c15-11(16)7-9-3-2-6-14(12(9)17)10-4-1-5-13-8-10/h9-10,13H,1-8H2,(H,15,16). The zero-order valence-electron chi connectivity index (χ0n) is 10.0. The second-order valence-electron chi connectivity index (χ2n) is 4.97. The predicted molar refractivity (Wildman–Crippen MR) is 62.6 cm³/mol. The van der Waals surface area contributed by atoms with Crippen molar-refractivity contribution in [3.63, 3.8) is 0 Å². The molecular weight excluding hydrogens is 220 g/mol. The smallest absolute Gasteiger partial charge is 0.304 e. The van der Waals surface area contributed by atoms with E-state index in [-0.39, 0.29) is 24.3 Å². The fraction of sp³-hybridized carbons (Fsp3) is 0.833. The highest BCUT2D eigenvalue weighted by Gasteiger charge is 2.34. The molecule has 2 N–H and O–H groups in total. The number of likely N-dealkylation sites (tertiary alicyclic amines) is 1. The van der Waals surface area contributed by atoms with Crippen LogP contribution in [0.25, 0.3) is 0 Å². The van der Waals surface area contributed by atoms with Crippen molar-refractivity contribution < 1.29 is 14.7 Å². The Bertz CT molecular complexity index is 300. The van der Waals surface area contributed by atoms with Crippen molar-refractivity contribution in [2.75, 3.05) is 19.6 Å². The maximum absolute atomic E-state index is 12.2. The Morgan fingerprint density at radius 3 is 2.88 bits per heavy atom. The van der Waals surface area contributed by atoms with E-state index in [4.69, 9.17) is 5.11 Å². The van der Waals surface area contributed by atoms with Crippen molar-refractivity contribution in [2.24, 2.45) is 5.92 Å². The van der Waals surface area contributed by atoms with Crippen LogP contribution in [0.2, 0.25) is 0 Å². The summed E-state index contributed by atoms with van der Waals surface area (Å²) in [6.07, 6.45) is 3.77. The Hall–Kier alpha value is -1.10. The van der Waals surface area contributed by atoms with E-state index < -0.39 is 5.97 Å². The lowest BCUT2D eigenvalue weighted by molar-refractivity contribution is -0.148. The number of aliphatic carboxylic acids is 1. The lowest BCUT2D eigenvalue weighted by Gasteiger charge is -2.39. The normalized spacial score (nSPS) is 30.4. The molecule has 0 aliphatic carbocycles. The number of rotatable bonds is 3. The first-order chi connectivity index (χ1) is 8.18. The van der Waals surface area contributed by atoms with Gasteiger partial charge in [-0.15, -0.1) is 0 Å². The first-order valence-electron chi connectivity index (χ1n) is 6.41. The molecule has 0 aromatic rings. The SMILES string of the molecule is O=C(O)CC1CCCN(C2CCCNC2)C1=O. The number of nitrogens with zero attached hydrogens (tertiary/aromatic N) is 1. The van der Waals surface area contributed by atoms with Crippen LogP contribution < -0.4 is 5.32 Å². The van der Waals surface area contributed by atoms with Gasteiger partial charge in [0.05, 0.1) is 6.42 Å². The largest absolute Gasteiger partial charge is 0.481 e. The van der Waals surface area contributed by atoms with Gasteiger partial charge in [0, 0.05) is 25.0 Å². The Labute approximate surface area is 101 Å². The van der Waals surface area contributed by atoms with E-state index in [1.54, 1.807) is 0 Å². The average Bonchev–Trinajstić information content (AvgIpc) is 2.32. The summed E-state index contributed by atoms with van der Waals surface area (Å²) in [5, 5.41) is 12.1. The highest BCUT2D eigenvalue weighted by Crippen LogP contribution is 2.24. The second-order valence-corrected chi connectivity index (χ2v) is 4.97. The highest BCUT2D eigenvalue weighted by atomic mass is 16.4. The maximum atomic E-state index is 12.2. The number of hydrogen-bond donors (Lipinski definition) is 2. The zero-order valence-corrected chi connectivity index (χ0v) is 10.0. The Morgan fingerprint density at radius 2 is 2.24 bits per heavy atom. The van der Waals surface area contributed by atoms with Gasteiger partial charge in [-0.2, -0.15) is 0 Å². The quantitative estimate of drug-likeness (QED) is 0.751. The van der Waals surface area contributed by atoms with Crippen molar-refractivity contribution >= 4 is 11.9 Å². The minimum absolute atomic E-state index is 0.0184. The molecule has 1 amide bonds. The third-order valence-electron chi connectivity index (χ3n) is 3.72. The van der Waals surface area contributed by atoms with E-state index in [0.29, 0.717) is 0 Å². The van der Waals surface area contributed by atoms with Crippen molar-refractivity contribution in [3.05, 3.63) is 0 Å². The summed E-state index contributed by atoms with van der Waals surface area (Å²) >= 11 is 0. The van der Waals surface area contributed by atoms with Crippen LogP contribution in [0.3, 0.4) is 0 Å². The minimum atomic E-state index is -0.869. The van der Waals surface area contributed by atoms with Crippen molar-refractivity contribution in [1.82, 2.24) is 10.2 Å². The average molecular weight is 240 g/mol. The number of nitrogens with one attached hydrogen (secondary N) is 1. The molecule has 17 heavy (non-hydrogen) atoms. The molecule has 0 spiro atoms. The van der Waals surface area contributed by atoms with E-state index >= 15 is 0 Å². The van der Waals surface area contributed by atoms with Gasteiger partial charge in [-0.25, -0.2) is 0 Å². The van der Waals surface area contributed by atoms with E-state index in [0.717, 1.165) is 45.3 Å². The molecule has 96 valence electrons. The molecule has 2 saturated heterocycles. The Balaban J connectivity index is 1.97. The van der Waals surface area contributed by atoms with Gasteiger partial charge in [0.25, 0.3) is 0 Å². The molecule has 0 aromatic carbocycles. The van der Waals surface area contributed by atoms with Crippen LogP contribution in [-0.2, 0) is 9.59 Å². The predicted octanol–water partition coefficient (Wildman–Crippen LogP) is 0.452. The number of carboxylic acids is 1. The summed E-state index contributed by atoms with van der Waals surface area (Å²) in [7, 11) is 0. The summed E-state index contributed by atoms with van der Waals surface area (Å²) in [6, 6.07) is 0.271.